The van der Waals surface area contributed by atoms with Crippen LogP contribution in [0, 0.1) is 0 Å². The lowest BCUT2D eigenvalue weighted by atomic mass is 10.5. The minimum absolute atomic E-state index is 0.0690. The van der Waals surface area contributed by atoms with Crippen molar-refractivity contribution in [2.24, 2.45) is 0 Å². The zero-order valence-electron chi connectivity index (χ0n) is 5.82. The molecule has 0 aliphatic heterocycles. The summed E-state index contributed by atoms with van der Waals surface area (Å²) in [6.07, 6.45) is 0. The highest BCUT2D eigenvalue weighted by Gasteiger charge is 2.05. The molecular formula is C7H4ClNOS2. The Hall–Kier alpha value is -0.580. The van der Waals surface area contributed by atoms with Crippen molar-refractivity contribution in [2.75, 3.05) is 0 Å². The first-order valence-electron chi connectivity index (χ1n) is 3.16. The molecule has 2 aromatic heterocycles. The topological polar surface area (TPSA) is 33.1 Å². The second-order valence-electron chi connectivity index (χ2n) is 2.11. The van der Waals surface area contributed by atoms with E-state index >= 15 is 0 Å². The van der Waals surface area contributed by atoms with Crippen LogP contribution in [0.3, 0.4) is 0 Å². The molecule has 0 aliphatic rings. The fraction of sp³-hybridized carbons (Fsp3) is 0. The van der Waals surface area contributed by atoms with Crippen LogP contribution < -0.4 is 0 Å². The van der Waals surface area contributed by atoms with Crippen molar-refractivity contribution in [3.8, 4) is 15.8 Å². The van der Waals surface area contributed by atoms with Crippen molar-refractivity contribution in [3.63, 3.8) is 0 Å². The largest absolute Gasteiger partial charge is 0.493 e. The third kappa shape index (κ3) is 1.46. The van der Waals surface area contributed by atoms with Crippen LogP contribution in [0.4, 0.5) is 0 Å². The Morgan fingerprint density at radius 2 is 2.25 bits per heavy atom. The third-order valence-electron chi connectivity index (χ3n) is 1.28. The standard InChI is InChI=1S/C7H4ClNOS2/c8-5-2-1-4(12-5)7-9-6(10)3-11-7/h1-3,10H. The Morgan fingerprint density at radius 3 is 2.75 bits per heavy atom. The van der Waals surface area contributed by atoms with E-state index in [2.05, 4.69) is 4.98 Å². The minimum Gasteiger partial charge on any atom is -0.493 e. The molecule has 2 rings (SSSR count). The zero-order chi connectivity index (χ0) is 8.55. The number of halogens is 1. The van der Waals surface area contributed by atoms with E-state index in [9.17, 15) is 0 Å². The Bertz CT molecular complexity index is 357. The van der Waals surface area contributed by atoms with Crippen LogP contribution in [0.15, 0.2) is 17.5 Å². The number of hydrogen-bond acceptors (Lipinski definition) is 4. The average Bonchev–Trinajstić information content (AvgIpc) is 2.58. The molecule has 0 bridgehead atoms. The van der Waals surface area contributed by atoms with Gasteiger partial charge in [0.15, 0.2) is 0 Å². The monoisotopic (exact) mass is 217 g/mol. The molecule has 12 heavy (non-hydrogen) atoms. The summed E-state index contributed by atoms with van der Waals surface area (Å²) in [6.45, 7) is 0. The minimum atomic E-state index is 0.0690. The molecule has 1 N–H and O–H groups in total. The van der Waals surface area contributed by atoms with E-state index in [0.717, 1.165) is 14.2 Å². The Morgan fingerprint density at radius 1 is 1.42 bits per heavy atom. The van der Waals surface area contributed by atoms with Crippen LogP contribution in [0.1, 0.15) is 0 Å². The summed E-state index contributed by atoms with van der Waals surface area (Å²) in [5.41, 5.74) is 0. The number of aromatic hydroxyl groups is 1. The highest BCUT2D eigenvalue weighted by atomic mass is 35.5. The van der Waals surface area contributed by atoms with E-state index in [1.807, 2.05) is 12.1 Å². The van der Waals surface area contributed by atoms with E-state index < -0.39 is 0 Å². The van der Waals surface area contributed by atoms with E-state index in [0.29, 0.717) is 0 Å². The summed E-state index contributed by atoms with van der Waals surface area (Å²) in [5.74, 6) is 0.0690. The van der Waals surface area contributed by atoms with Crippen molar-refractivity contribution in [1.29, 1.82) is 0 Å². The summed E-state index contributed by atoms with van der Waals surface area (Å²) >= 11 is 8.61. The fourth-order valence-corrected chi connectivity index (χ4v) is 2.60. The second-order valence-corrected chi connectivity index (χ2v) is 4.69. The van der Waals surface area contributed by atoms with Gasteiger partial charge in [-0.15, -0.1) is 22.7 Å². The summed E-state index contributed by atoms with van der Waals surface area (Å²) in [4.78, 5) is 4.91. The molecule has 0 aromatic carbocycles. The summed E-state index contributed by atoms with van der Waals surface area (Å²) in [6, 6.07) is 3.71. The number of rotatable bonds is 1. The van der Waals surface area contributed by atoms with Crippen molar-refractivity contribution >= 4 is 34.3 Å². The van der Waals surface area contributed by atoms with E-state index in [1.54, 1.807) is 5.38 Å². The number of thiophene rings is 1. The molecular weight excluding hydrogens is 214 g/mol. The van der Waals surface area contributed by atoms with Gasteiger partial charge in [-0.05, 0) is 12.1 Å². The summed E-state index contributed by atoms with van der Waals surface area (Å²) in [7, 11) is 0. The molecule has 0 unspecified atom stereocenters. The number of thiazole rings is 1. The van der Waals surface area contributed by atoms with Gasteiger partial charge >= 0.3 is 0 Å². The Kier molecular flexibility index (Phi) is 2.04. The molecule has 0 aliphatic carbocycles. The van der Waals surface area contributed by atoms with Gasteiger partial charge < -0.3 is 5.11 Å². The van der Waals surface area contributed by atoms with Gasteiger partial charge in [0, 0.05) is 0 Å². The van der Waals surface area contributed by atoms with Crippen LogP contribution >= 0.6 is 34.3 Å². The molecule has 0 atom stereocenters. The van der Waals surface area contributed by atoms with Gasteiger partial charge in [-0.2, -0.15) is 0 Å². The highest BCUT2D eigenvalue weighted by molar-refractivity contribution is 7.23. The van der Waals surface area contributed by atoms with Crippen LogP contribution in [-0.4, -0.2) is 10.1 Å². The average molecular weight is 218 g/mol. The van der Waals surface area contributed by atoms with Crippen molar-refractivity contribution in [1.82, 2.24) is 4.98 Å². The molecule has 0 fully saturated rings. The maximum atomic E-state index is 8.99. The maximum Gasteiger partial charge on any atom is 0.222 e. The smallest absolute Gasteiger partial charge is 0.222 e. The molecule has 0 radical (unpaired) electrons. The van der Waals surface area contributed by atoms with Gasteiger partial charge in [0.05, 0.1) is 14.6 Å². The van der Waals surface area contributed by atoms with Crippen LogP contribution in [0.5, 0.6) is 5.88 Å². The molecule has 5 heteroatoms. The normalized spacial score (nSPS) is 10.4. The molecule has 2 heterocycles. The summed E-state index contributed by atoms with van der Waals surface area (Å²) < 4.78 is 0.736. The van der Waals surface area contributed by atoms with E-state index in [4.69, 9.17) is 16.7 Å². The first-order chi connectivity index (χ1) is 5.75. The lowest BCUT2D eigenvalue weighted by Crippen LogP contribution is -1.66. The molecule has 2 nitrogen and oxygen atoms in total. The first-order valence-corrected chi connectivity index (χ1v) is 5.23. The lowest BCUT2D eigenvalue weighted by molar-refractivity contribution is 0.458. The molecule has 0 saturated carbocycles. The van der Waals surface area contributed by atoms with E-state index in [1.165, 1.54) is 22.7 Å². The van der Waals surface area contributed by atoms with Crippen molar-refractivity contribution < 1.29 is 5.11 Å². The lowest BCUT2D eigenvalue weighted by Gasteiger charge is -1.84. The Labute approximate surface area is 82.1 Å². The predicted octanol–water partition coefficient (Wildman–Crippen LogP) is 3.23. The van der Waals surface area contributed by atoms with Gasteiger partial charge in [-0.1, -0.05) is 11.6 Å². The third-order valence-corrected chi connectivity index (χ3v) is 3.51. The van der Waals surface area contributed by atoms with Crippen LogP contribution in [0.25, 0.3) is 9.88 Å². The highest BCUT2D eigenvalue weighted by Crippen LogP contribution is 2.33. The van der Waals surface area contributed by atoms with E-state index in [-0.39, 0.29) is 5.88 Å². The quantitative estimate of drug-likeness (QED) is 0.796. The van der Waals surface area contributed by atoms with Crippen molar-refractivity contribution in [3.05, 3.63) is 21.8 Å². The molecule has 0 saturated heterocycles. The van der Waals surface area contributed by atoms with Crippen LogP contribution in [0.2, 0.25) is 4.34 Å². The van der Waals surface area contributed by atoms with Crippen LogP contribution in [-0.2, 0) is 0 Å². The van der Waals surface area contributed by atoms with Gasteiger partial charge in [-0.25, -0.2) is 4.98 Å². The number of aromatic nitrogens is 1. The zero-order valence-corrected chi connectivity index (χ0v) is 8.21. The van der Waals surface area contributed by atoms with Crippen molar-refractivity contribution in [2.45, 2.75) is 0 Å². The number of nitrogens with zero attached hydrogens (tertiary/aromatic N) is 1. The first kappa shape index (κ1) is 8.04. The molecule has 62 valence electrons. The van der Waals surface area contributed by atoms with Gasteiger partial charge in [0.1, 0.15) is 5.01 Å². The fourth-order valence-electron chi connectivity index (χ4n) is 0.808. The molecule has 0 amide bonds. The van der Waals surface area contributed by atoms with Gasteiger partial charge in [-0.3, -0.25) is 0 Å². The molecule has 2 aromatic rings. The Balaban J connectivity index is 2.43. The van der Waals surface area contributed by atoms with Gasteiger partial charge in [0.25, 0.3) is 0 Å². The SMILES string of the molecule is Oc1csc(-c2ccc(Cl)s2)n1. The maximum absolute atomic E-state index is 8.99. The second kappa shape index (κ2) is 3.05. The summed E-state index contributed by atoms with van der Waals surface area (Å²) in [5, 5.41) is 11.4. The van der Waals surface area contributed by atoms with Gasteiger partial charge in [0.2, 0.25) is 5.88 Å². The molecule has 0 spiro atoms. The predicted molar refractivity (Wildman–Crippen MR) is 52.1 cm³/mol. The number of hydrogen-bond donors (Lipinski definition) is 1.